The second kappa shape index (κ2) is 7.18. The fourth-order valence-electron chi connectivity index (χ4n) is 2.76. The Bertz CT molecular complexity index is 837. The number of hydrogen-bond donors (Lipinski definition) is 0. The Morgan fingerprint density at radius 1 is 1.33 bits per heavy atom. The number of nitrogens with zero attached hydrogens (tertiary/aromatic N) is 2. The van der Waals surface area contributed by atoms with E-state index in [2.05, 4.69) is 32.9 Å². The van der Waals surface area contributed by atoms with Gasteiger partial charge in [-0.2, -0.15) is 0 Å². The van der Waals surface area contributed by atoms with Gasteiger partial charge in [0.2, 0.25) is 5.91 Å². The van der Waals surface area contributed by atoms with Crippen LogP contribution in [-0.4, -0.2) is 10.9 Å². The predicted molar refractivity (Wildman–Crippen MR) is 98.5 cm³/mol. The first kappa shape index (κ1) is 16.7. The van der Waals surface area contributed by atoms with Crippen molar-refractivity contribution >= 4 is 32.6 Å². The summed E-state index contributed by atoms with van der Waals surface area (Å²) in [4.78, 5) is 19.2. The van der Waals surface area contributed by atoms with Gasteiger partial charge in [-0.1, -0.05) is 30.7 Å². The topological polar surface area (TPSA) is 46.3 Å². The van der Waals surface area contributed by atoms with Gasteiger partial charge in [-0.25, -0.2) is 4.98 Å². The number of carbonyl (C=O) groups is 1. The molecule has 0 aliphatic heterocycles. The fraction of sp³-hybridized carbons (Fsp3) is 0.368. The van der Waals surface area contributed by atoms with Crippen LogP contribution in [0.15, 0.2) is 34.9 Å². The molecule has 24 heavy (non-hydrogen) atoms. The first-order valence-corrected chi connectivity index (χ1v) is 9.10. The Kier molecular flexibility index (Phi) is 5.00. The molecule has 3 rings (SSSR count). The molecule has 0 unspecified atom stereocenters. The summed E-state index contributed by atoms with van der Waals surface area (Å²) in [6.45, 7) is 6.66. The normalized spacial score (nSPS) is 11.1. The summed E-state index contributed by atoms with van der Waals surface area (Å²) in [6.07, 6.45) is 4.05. The highest BCUT2D eigenvalue weighted by Gasteiger charge is 2.21. The van der Waals surface area contributed by atoms with Gasteiger partial charge < -0.3 is 4.42 Å². The summed E-state index contributed by atoms with van der Waals surface area (Å²) in [5, 5.41) is 0.746. The standard InChI is InChI=1S/C19H22N2O2S/c1-4-5-8-17(22)21(12-15-7-6-9-23-15)19-20-18-14(3)10-13(2)11-16(18)24-19/h6-7,9-11H,4-5,8,12H2,1-3H3. The van der Waals surface area contributed by atoms with Gasteiger partial charge in [-0.15, -0.1) is 0 Å². The molecular weight excluding hydrogens is 320 g/mol. The van der Waals surface area contributed by atoms with E-state index in [1.165, 1.54) is 5.56 Å². The van der Waals surface area contributed by atoms with Gasteiger partial charge in [-0.05, 0) is 49.6 Å². The molecule has 0 saturated heterocycles. The van der Waals surface area contributed by atoms with Crippen molar-refractivity contribution in [3.8, 4) is 0 Å². The van der Waals surface area contributed by atoms with Crippen LogP contribution in [0, 0.1) is 13.8 Å². The number of anilines is 1. The molecule has 1 aromatic carbocycles. The van der Waals surface area contributed by atoms with E-state index in [4.69, 9.17) is 9.40 Å². The Hall–Kier alpha value is -2.14. The third kappa shape index (κ3) is 3.51. The average Bonchev–Trinajstić information content (AvgIpc) is 3.19. The van der Waals surface area contributed by atoms with Crippen molar-refractivity contribution < 1.29 is 9.21 Å². The van der Waals surface area contributed by atoms with Crippen molar-refractivity contribution in [2.75, 3.05) is 4.90 Å². The Balaban J connectivity index is 1.97. The maximum Gasteiger partial charge on any atom is 0.229 e. The van der Waals surface area contributed by atoms with Gasteiger partial charge in [0.15, 0.2) is 5.13 Å². The van der Waals surface area contributed by atoms with Crippen molar-refractivity contribution in [3.63, 3.8) is 0 Å². The van der Waals surface area contributed by atoms with Crippen molar-refractivity contribution in [1.29, 1.82) is 0 Å². The number of benzene rings is 1. The molecule has 5 heteroatoms. The summed E-state index contributed by atoms with van der Waals surface area (Å²) in [5.74, 6) is 0.869. The van der Waals surface area contributed by atoms with E-state index in [0.717, 1.165) is 39.5 Å². The summed E-state index contributed by atoms with van der Waals surface area (Å²) in [6, 6.07) is 7.99. The van der Waals surface area contributed by atoms with E-state index < -0.39 is 0 Å². The Labute approximate surface area is 146 Å². The molecule has 0 saturated carbocycles. The summed E-state index contributed by atoms with van der Waals surface area (Å²) in [7, 11) is 0. The molecular formula is C19H22N2O2S. The minimum Gasteiger partial charge on any atom is -0.467 e. The second-order valence-corrected chi connectivity index (χ2v) is 7.10. The zero-order valence-electron chi connectivity index (χ0n) is 14.3. The predicted octanol–water partition coefficient (Wildman–Crippen LogP) is 5.23. The van der Waals surface area contributed by atoms with Crippen LogP contribution < -0.4 is 4.90 Å². The number of rotatable bonds is 6. The minimum atomic E-state index is 0.0988. The van der Waals surface area contributed by atoms with Crippen LogP contribution in [0.1, 0.15) is 43.1 Å². The van der Waals surface area contributed by atoms with Crippen LogP contribution in [0.4, 0.5) is 5.13 Å². The molecule has 0 aliphatic rings. The summed E-state index contributed by atoms with van der Waals surface area (Å²) in [5.41, 5.74) is 3.34. The lowest BCUT2D eigenvalue weighted by Gasteiger charge is -2.18. The molecule has 0 N–H and O–H groups in total. The number of amides is 1. The maximum absolute atomic E-state index is 12.7. The minimum absolute atomic E-state index is 0.0988. The van der Waals surface area contributed by atoms with Crippen molar-refractivity contribution in [2.45, 2.75) is 46.6 Å². The molecule has 0 atom stereocenters. The first-order chi connectivity index (χ1) is 11.6. The van der Waals surface area contributed by atoms with Crippen LogP contribution in [0.2, 0.25) is 0 Å². The Morgan fingerprint density at radius 3 is 2.88 bits per heavy atom. The number of hydrogen-bond acceptors (Lipinski definition) is 4. The van der Waals surface area contributed by atoms with Crippen LogP contribution in [-0.2, 0) is 11.3 Å². The number of aryl methyl sites for hydroxylation is 2. The van der Waals surface area contributed by atoms with Crippen LogP contribution in [0.3, 0.4) is 0 Å². The third-order valence-electron chi connectivity index (χ3n) is 3.99. The molecule has 0 spiro atoms. The van der Waals surface area contributed by atoms with Crippen molar-refractivity contribution in [3.05, 3.63) is 47.4 Å². The lowest BCUT2D eigenvalue weighted by molar-refractivity contribution is -0.118. The van der Waals surface area contributed by atoms with Gasteiger partial charge in [-0.3, -0.25) is 9.69 Å². The summed E-state index contributed by atoms with van der Waals surface area (Å²) >= 11 is 1.57. The quantitative estimate of drug-likeness (QED) is 0.616. The number of carbonyl (C=O) groups excluding carboxylic acids is 1. The second-order valence-electron chi connectivity index (χ2n) is 6.09. The van der Waals surface area contributed by atoms with Gasteiger partial charge in [0.1, 0.15) is 5.76 Å². The molecule has 126 valence electrons. The monoisotopic (exact) mass is 342 g/mol. The van der Waals surface area contributed by atoms with E-state index in [9.17, 15) is 4.79 Å². The van der Waals surface area contributed by atoms with E-state index in [1.807, 2.05) is 12.1 Å². The van der Waals surface area contributed by atoms with Crippen LogP contribution >= 0.6 is 11.3 Å². The molecule has 1 amide bonds. The SMILES string of the molecule is CCCCC(=O)N(Cc1ccco1)c1nc2c(C)cc(C)cc2s1. The van der Waals surface area contributed by atoms with E-state index >= 15 is 0 Å². The number of furan rings is 1. The zero-order chi connectivity index (χ0) is 17.1. The van der Waals surface area contributed by atoms with Gasteiger partial charge in [0, 0.05) is 6.42 Å². The Morgan fingerprint density at radius 2 is 2.17 bits per heavy atom. The number of aromatic nitrogens is 1. The van der Waals surface area contributed by atoms with E-state index in [0.29, 0.717) is 13.0 Å². The van der Waals surface area contributed by atoms with Crippen LogP contribution in [0.25, 0.3) is 10.2 Å². The van der Waals surface area contributed by atoms with Crippen molar-refractivity contribution in [2.24, 2.45) is 0 Å². The van der Waals surface area contributed by atoms with Gasteiger partial charge in [0.05, 0.1) is 23.0 Å². The van der Waals surface area contributed by atoms with Crippen molar-refractivity contribution in [1.82, 2.24) is 4.98 Å². The molecule has 0 fully saturated rings. The molecule has 4 nitrogen and oxygen atoms in total. The number of unbranched alkanes of at least 4 members (excludes halogenated alkanes) is 1. The molecule has 0 bridgehead atoms. The molecule has 2 aromatic heterocycles. The molecule has 0 radical (unpaired) electrons. The highest BCUT2D eigenvalue weighted by Crippen LogP contribution is 2.33. The van der Waals surface area contributed by atoms with Gasteiger partial charge >= 0.3 is 0 Å². The highest BCUT2D eigenvalue weighted by atomic mass is 32.1. The zero-order valence-corrected chi connectivity index (χ0v) is 15.2. The van der Waals surface area contributed by atoms with Gasteiger partial charge in [0.25, 0.3) is 0 Å². The number of fused-ring (bicyclic) bond motifs is 1. The fourth-order valence-corrected chi connectivity index (χ4v) is 3.92. The third-order valence-corrected chi connectivity index (χ3v) is 5.01. The lowest BCUT2D eigenvalue weighted by atomic mass is 10.1. The highest BCUT2D eigenvalue weighted by molar-refractivity contribution is 7.22. The lowest BCUT2D eigenvalue weighted by Crippen LogP contribution is -2.29. The van der Waals surface area contributed by atoms with E-state index in [1.54, 1.807) is 22.5 Å². The molecule has 3 aromatic rings. The average molecular weight is 342 g/mol. The summed E-state index contributed by atoms with van der Waals surface area (Å²) < 4.78 is 6.56. The number of thiazole rings is 1. The van der Waals surface area contributed by atoms with E-state index in [-0.39, 0.29) is 5.91 Å². The molecule has 2 heterocycles. The molecule has 0 aliphatic carbocycles. The smallest absolute Gasteiger partial charge is 0.229 e. The van der Waals surface area contributed by atoms with Crippen LogP contribution in [0.5, 0.6) is 0 Å². The first-order valence-electron chi connectivity index (χ1n) is 8.29. The largest absolute Gasteiger partial charge is 0.467 e. The maximum atomic E-state index is 12.7.